The molecule has 0 aliphatic rings. The van der Waals surface area contributed by atoms with Gasteiger partial charge in [0, 0.05) is 19.7 Å². The van der Waals surface area contributed by atoms with Gasteiger partial charge in [0.15, 0.2) is 0 Å². The van der Waals surface area contributed by atoms with Crippen molar-refractivity contribution in [2.45, 2.75) is 6.10 Å². The van der Waals surface area contributed by atoms with Crippen LogP contribution in [0.3, 0.4) is 0 Å². The smallest absolute Gasteiger partial charge is 0.254 e. The Morgan fingerprint density at radius 1 is 1.53 bits per heavy atom. The summed E-state index contributed by atoms with van der Waals surface area (Å²) in [6, 6.07) is 1.80. The quantitative estimate of drug-likeness (QED) is 0.831. The maximum absolute atomic E-state index is 13.4. The molecule has 0 saturated heterocycles. The van der Waals surface area contributed by atoms with Crippen LogP contribution in [0.5, 0.6) is 0 Å². The van der Waals surface area contributed by atoms with E-state index in [-0.39, 0.29) is 16.7 Å². The molecular weight excluding hydrogens is 298 g/mol. The summed E-state index contributed by atoms with van der Waals surface area (Å²) < 4.78 is 31.3. The molecule has 1 amide bonds. The molecule has 0 fully saturated rings. The number of carbonyl (C=O) groups is 1. The molecule has 1 unspecified atom stereocenters. The van der Waals surface area contributed by atoms with Crippen LogP contribution in [0.1, 0.15) is 0 Å². The van der Waals surface area contributed by atoms with Crippen LogP contribution in [0.25, 0.3) is 0 Å². The highest BCUT2D eigenvalue weighted by Gasteiger charge is 2.18. The molecule has 0 saturated carbocycles. The molecule has 0 aliphatic carbocycles. The fourth-order valence-electron chi connectivity index (χ4n) is 1.14. The SMILES string of the molecule is COC(CN)C(=O)Nc1cc(F)c(Br)cc1F. The third-order valence-corrected chi connectivity index (χ3v) is 2.67. The van der Waals surface area contributed by atoms with E-state index < -0.39 is 23.6 Å². The summed E-state index contributed by atoms with van der Waals surface area (Å²) in [7, 11) is 1.30. The van der Waals surface area contributed by atoms with Crippen LogP contribution in [0.2, 0.25) is 0 Å². The topological polar surface area (TPSA) is 64.3 Å². The minimum Gasteiger partial charge on any atom is -0.370 e. The molecule has 0 aromatic heterocycles. The van der Waals surface area contributed by atoms with Crippen molar-refractivity contribution in [3.8, 4) is 0 Å². The summed E-state index contributed by atoms with van der Waals surface area (Å²) in [6.45, 7) is -0.0526. The maximum atomic E-state index is 13.4. The molecule has 0 spiro atoms. The van der Waals surface area contributed by atoms with E-state index in [1.807, 2.05) is 0 Å². The van der Waals surface area contributed by atoms with Crippen molar-refractivity contribution >= 4 is 27.5 Å². The molecule has 0 heterocycles. The highest BCUT2D eigenvalue weighted by atomic mass is 79.9. The number of benzene rings is 1. The third-order valence-electron chi connectivity index (χ3n) is 2.06. The number of hydrogen-bond donors (Lipinski definition) is 2. The average molecular weight is 309 g/mol. The summed E-state index contributed by atoms with van der Waals surface area (Å²) in [5.74, 6) is -2.06. The molecule has 4 nitrogen and oxygen atoms in total. The van der Waals surface area contributed by atoms with E-state index in [0.29, 0.717) is 0 Å². The zero-order valence-corrected chi connectivity index (χ0v) is 10.6. The number of ether oxygens (including phenoxy) is 1. The molecule has 1 atom stereocenters. The van der Waals surface area contributed by atoms with Crippen molar-refractivity contribution in [2.75, 3.05) is 19.0 Å². The second-order valence-corrected chi connectivity index (χ2v) is 4.05. The first-order valence-electron chi connectivity index (χ1n) is 4.67. The molecule has 94 valence electrons. The van der Waals surface area contributed by atoms with E-state index in [2.05, 4.69) is 21.2 Å². The van der Waals surface area contributed by atoms with E-state index in [1.165, 1.54) is 7.11 Å². The summed E-state index contributed by atoms with van der Waals surface area (Å²) in [5, 5.41) is 2.20. The summed E-state index contributed by atoms with van der Waals surface area (Å²) in [4.78, 5) is 11.5. The molecule has 17 heavy (non-hydrogen) atoms. The number of methoxy groups -OCH3 is 1. The van der Waals surface area contributed by atoms with Gasteiger partial charge in [-0.1, -0.05) is 0 Å². The Morgan fingerprint density at radius 3 is 2.71 bits per heavy atom. The minimum atomic E-state index is -0.902. The zero-order valence-electron chi connectivity index (χ0n) is 8.97. The number of anilines is 1. The van der Waals surface area contributed by atoms with Crippen molar-refractivity contribution in [1.82, 2.24) is 0 Å². The Balaban J connectivity index is 2.88. The predicted molar refractivity (Wildman–Crippen MR) is 62.5 cm³/mol. The standard InChI is InChI=1S/C10H11BrF2N2O2/c1-17-9(4-14)10(16)15-8-3-6(12)5(11)2-7(8)13/h2-3,9H,4,14H2,1H3,(H,15,16). The Morgan fingerprint density at radius 2 is 2.18 bits per heavy atom. The second-order valence-electron chi connectivity index (χ2n) is 3.20. The fraction of sp³-hybridized carbons (Fsp3) is 0.300. The minimum absolute atomic E-state index is 0.0184. The van der Waals surface area contributed by atoms with E-state index in [4.69, 9.17) is 10.5 Å². The van der Waals surface area contributed by atoms with Crippen LogP contribution in [-0.4, -0.2) is 25.7 Å². The Labute approximate surface area is 105 Å². The van der Waals surface area contributed by atoms with Crippen LogP contribution in [0, 0.1) is 11.6 Å². The molecule has 1 rings (SSSR count). The number of nitrogens with one attached hydrogen (secondary N) is 1. The maximum Gasteiger partial charge on any atom is 0.254 e. The van der Waals surface area contributed by atoms with Gasteiger partial charge in [-0.3, -0.25) is 4.79 Å². The van der Waals surface area contributed by atoms with Gasteiger partial charge in [-0.25, -0.2) is 8.78 Å². The molecule has 0 radical (unpaired) electrons. The third kappa shape index (κ3) is 3.45. The van der Waals surface area contributed by atoms with Crippen molar-refractivity contribution in [1.29, 1.82) is 0 Å². The van der Waals surface area contributed by atoms with Gasteiger partial charge in [0.2, 0.25) is 0 Å². The average Bonchev–Trinajstić information content (AvgIpc) is 2.27. The lowest BCUT2D eigenvalue weighted by molar-refractivity contribution is -0.125. The fourth-order valence-corrected chi connectivity index (χ4v) is 1.46. The Kier molecular flexibility index (Phi) is 4.98. The lowest BCUT2D eigenvalue weighted by Crippen LogP contribution is -2.36. The van der Waals surface area contributed by atoms with Gasteiger partial charge in [0.25, 0.3) is 5.91 Å². The van der Waals surface area contributed by atoms with Crippen LogP contribution in [0.15, 0.2) is 16.6 Å². The van der Waals surface area contributed by atoms with Crippen LogP contribution in [0.4, 0.5) is 14.5 Å². The number of halogens is 3. The molecule has 1 aromatic rings. The first-order valence-corrected chi connectivity index (χ1v) is 5.47. The number of hydrogen-bond acceptors (Lipinski definition) is 3. The summed E-state index contributed by atoms with van der Waals surface area (Å²) in [6.07, 6.45) is -0.902. The molecular formula is C10H11BrF2N2O2. The van der Waals surface area contributed by atoms with Crippen molar-refractivity contribution in [2.24, 2.45) is 5.73 Å². The van der Waals surface area contributed by atoms with E-state index in [0.717, 1.165) is 12.1 Å². The van der Waals surface area contributed by atoms with Gasteiger partial charge >= 0.3 is 0 Å². The van der Waals surface area contributed by atoms with Gasteiger partial charge < -0.3 is 15.8 Å². The number of carbonyl (C=O) groups excluding carboxylic acids is 1. The molecule has 0 aliphatic heterocycles. The van der Waals surface area contributed by atoms with Crippen molar-refractivity contribution in [3.05, 3.63) is 28.2 Å². The monoisotopic (exact) mass is 308 g/mol. The highest BCUT2D eigenvalue weighted by molar-refractivity contribution is 9.10. The lowest BCUT2D eigenvalue weighted by Gasteiger charge is -2.13. The van der Waals surface area contributed by atoms with Gasteiger partial charge in [-0.15, -0.1) is 0 Å². The number of nitrogens with two attached hydrogens (primary N) is 1. The van der Waals surface area contributed by atoms with Crippen molar-refractivity contribution in [3.63, 3.8) is 0 Å². The van der Waals surface area contributed by atoms with Crippen LogP contribution < -0.4 is 11.1 Å². The first kappa shape index (κ1) is 14.0. The molecule has 3 N–H and O–H groups in total. The normalized spacial score (nSPS) is 12.3. The van der Waals surface area contributed by atoms with E-state index in [9.17, 15) is 13.6 Å². The summed E-state index contributed by atoms with van der Waals surface area (Å²) >= 11 is 2.83. The Hall–Kier alpha value is -1.05. The Bertz CT molecular complexity index is 425. The lowest BCUT2D eigenvalue weighted by atomic mass is 10.2. The zero-order chi connectivity index (χ0) is 13.0. The predicted octanol–water partition coefficient (Wildman–Crippen LogP) is 1.64. The largest absolute Gasteiger partial charge is 0.370 e. The van der Waals surface area contributed by atoms with Crippen LogP contribution >= 0.6 is 15.9 Å². The van der Waals surface area contributed by atoms with E-state index >= 15 is 0 Å². The van der Waals surface area contributed by atoms with Gasteiger partial charge in [0.05, 0.1) is 10.2 Å². The first-order chi connectivity index (χ1) is 7.99. The van der Waals surface area contributed by atoms with Gasteiger partial charge in [0.1, 0.15) is 17.7 Å². The number of amides is 1. The summed E-state index contributed by atoms with van der Waals surface area (Å²) in [5.41, 5.74) is 5.01. The molecule has 7 heteroatoms. The van der Waals surface area contributed by atoms with Gasteiger partial charge in [-0.05, 0) is 22.0 Å². The van der Waals surface area contributed by atoms with Crippen LogP contribution in [-0.2, 0) is 9.53 Å². The molecule has 0 bridgehead atoms. The number of rotatable bonds is 4. The second kappa shape index (κ2) is 6.04. The molecule has 1 aromatic carbocycles. The van der Waals surface area contributed by atoms with Crippen molar-refractivity contribution < 1.29 is 18.3 Å². The van der Waals surface area contributed by atoms with E-state index in [1.54, 1.807) is 0 Å². The highest BCUT2D eigenvalue weighted by Crippen LogP contribution is 2.23. The van der Waals surface area contributed by atoms with Gasteiger partial charge in [-0.2, -0.15) is 0 Å².